The zero-order valence-corrected chi connectivity index (χ0v) is 8.76. The summed E-state index contributed by atoms with van der Waals surface area (Å²) in [7, 11) is 0. The summed E-state index contributed by atoms with van der Waals surface area (Å²) in [5.74, 6) is 0.000255. The van der Waals surface area contributed by atoms with Gasteiger partial charge in [-0.3, -0.25) is 4.79 Å². The lowest BCUT2D eigenvalue weighted by molar-refractivity contribution is -0.125. The molecule has 0 aromatic carbocycles. The van der Waals surface area contributed by atoms with Crippen LogP contribution in [-0.2, 0) is 4.79 Å². The van der Waals surface area contributed by atoms with Crippen LogP contribution < -0.4 is 11.1 Å². The molecule has 1 rings (SSSR count). The second-order valence-electron chi connectivity index (χ2n) is 4.60. The van der Waals surface area contributed by atoms with E-state index in [1.807, 2.05) is 6.92 Å². The maximum atomic E-state index is 11.4. The molecule has 0 aromatic rings. The minimum Gasteiger partial charge on any atom is -0.351 e. The molecule has 1 aliphatic rings. The Bertz CT molecular complexity index is 201. The van der Waals surface area contributed by atoms with E-state index in [0.717, 1.165) is 6.42 Å². The largest absolute Gasteiger partial charge is 0.351 e. The SMILES string of the molecule is CCC(N)C(=O)NC1CCC1(C)C. The van der Waals surface area contributed by atoms with Crippen LogP contribution in [0.5, 0.6) is 0 Å². The van der Waals surface area contributed by atoms with Gasteiger partial charge in [0.15, 0.2) is 0 Å². The summed E-state index contributed by atoms with van der Waals surface area (Å²) in [5.41, 5.74) is 5.89. The van der Waals surface area contributed by atoms with E-state index >= 15 is 0 Å². The summed E-state index contributed by atoms with van der Waals surface area (Å²) in [5, 5.41) is 2.99. The van der Waals surface area contributed by atoms with Gasteiger partial charge in [-0.15, -0.1) is 0 Å². The minimum absolute atomic E-state index is 0.000255. The van der Waals surface area contributed by atoms with Gasteiger partial charge in [0, 0.05) is 6.04 Å². The predicted molar refractivity (Wildman–Crippen MR) is 53.2 cm³/mol. The highest BCUT2D eigenvalue weighted by atomic mass is 16.2. The number of hydrogen-bond acceptors (Lipinski definition) is 2. The molecular formula is C10H20N2O. The Morgan fingerprint density at radius 1 is 1.69 bits per heavy atom. The lowest BCUT2D eigenvalue weighted by atomic mass is 9.67. The van der Waals surface area contributed by atoms with Gasteiger partial charge in [-0.1, -0.05) is 20.8 Å². The molecule has 2 unspecified atom stereocenters. The summed E-state index contributed by atoms with van der Waals surface area (Å²) in [6.45, 7) is 6.29. The van der Waals surface area contributed by atoms with Crippen LogP contribution in [0.15, 0.2) is 0 Å². The number of carbonyl (C=O) groups is 1. The van der Waals surface area contributed by atoms with Gasteiger partial charge in [0.05, 0.1) is 6.04 Å². The summed E-state index contributed by atoms with van der Waals surface area (Å²) >= 11 is 0. The molecule has 0 aliphatic heterocycles. The lowest BCUT2D eigenvalue weighted by Gasteiger charge is -2.45. The molecule has 1 saturated carbocycles. The maximum absolute atomic E-state index is 11.4. The number of nitrogens with two attached hydrogens (primary N) is 1. The normalized spacial score (nSPS) is 27.5. The molecule has 76 valence electrons. The molecule has 0 radical (unpaired) electrons. The fraction of sp³-hybridized carbons (Fsp3) is 0.900. The standard InChI is InChI=1S/C10H20N2O/c1-4-7(11)9(13)12-8-5-6-10(8,2)3/h7-8H,4-6,11H2,1-3H3,(H,12,13). The zero-order valence-electron chi connectivity index (χ0n) is 8.76. The predicted octanol–water partition coefficient (Wildman–Crippen LogP) is 1.03. The second-order valence-corrected chi connectivity index (χ2v) is 4.60. The molecule has 1 fully saturated rings. The Morgan fingerprint density at radius 2 is 2.31 bits per heavy atom. The maximum Gasteiger partial charge on any atom is 0.237 e. The van der Waals surface area contributed by atoms with Crippen molar-refractivity contribution < 1.29 is 4.79 Å². The number of nitrogens with one attached hydrogen (secondary N) is 1. The average molecular weight is 184 g/mol. The topological polar surface area (TPSA) is 55.1 Å². The van der Waals surface area contributed by atoms with Crippen molar-refractivity contribution >= 4 is 5.91 Å². The molecule has 0 saturated heterocycles. The Morgan fingerprint density at radius 3 is 2.62 bits per heavy atom. The monoisotopic (exact) mass is 184 g/mol. The van der Waals surface area contributed by atoms with Gasteiger partial charge >= 0.3 is 0 Å². The zero-order chi connectivity index (χ0) is 10.1. The fourth-order valence-electron chi connectivity index (χ4n) is 1.60. The molecule has 1 amide bonds. The van der Waals surface area contributed by atoms with E-state index in [2.05, 4.69) is 19.2 Å². The second kappa shape index (κ2) is 3.66. The quantitative estimate of drug-likeness (QED) is 0.688. The summed E-state index contributed by atoms with van der Waals surface area (Å²) in [6, 6.07) is -0.00556. The van der Waals surface area contributed by atoms with Gasteiger partial charge < -0.3 is 11.1 Å². The highest BCUT2D eigenvalue weighted by Crippen LogP contribution is 2.39. The van der Waals surface area contributed by atoms with Gasteiger partial charge in [0.2, 0.25) is 5.91 Å². The van der Waals surface area contributed by atoms with E-state index in [0.29, 0.717) is 12.5 Å². The van der Waals surface area contributed by atoms with Gasteiger partial charge in [0.25, 0.3) is 0 Å². The molecule has 0 aromatic heterocycles. The van der Waals surface area contributed by atoms with E-state index in [9.17, 15) is 4.79 Å². The Labute approximate surface area is 80.1 Å². The van der Waals surface area contributed by atoms with Crippen LogP contribution in [-0.4, -0.2) is 18.0 Å². The lowest BCUT2D eigenvalue weighted by Crippen LogP contribution is -2.55. The van der Waals surface area contributed by atoms with Gasteiger partial charge in [-0.2, -0.15) is 0 Å². The van der Waals surface area contributed by atoms with Crippen molar-refractivity contribution in [1.29, 1.82) is 0 Å². The van der Waals surface area contributed by atoms with Crippen molar-refractivity contribution in [2.45, 2.75) is 52.1 Å². The van der Waals surface area contributed by atoms with Crippen LogP contribution in [0.4, 0.5) is 0 Å². The first kappa shape index (κ1) is 10.5. The summed E-state index contributed by atoms with van der Waals surface area (Å²) in [6.07, 6.45) is 2.99. The summed E-state index contributed by atoms with van der Waals surface area (Å²) < 4.78 is 0. The van der Waals surface area contributed by atoms with E-state index in [4.69, 9.17) is 5.73 Å². The molecular weight excluding hydrogens is 164 g/mol. The van der Waals surface area contributed by atoms with E-state index < -0.39 is 0 Å². The van der Waals surface area contributed by atoms with Crippen LogP contribution in [0.1, 0.15) is 40.0 Å². The molecule has 2 atom stereocenters. The number of rotatable bonds is 3. The third kappa shape index (κ3) is 2.21. The highest BCUT2D eigenvalue weighted by molar-refractivity contribution is 5.81. The van der Waals surface area contributed by atoms with E-state index in [1.165, 1.54) is 6.42 Å². The molecule has 3 N–H and O–H groups in total. The Hall–Kier alpha value is -0.570. The first-order valence-electron chi connectivity index (χ1n) is 5.03. The molecule has 13 heavy (non-hydrogen) atoms. The van der Waals surface area contributed by atoms with Crippen LogP contribution in [0.3, 0.4) is 0 Å². The smallest absolute Gasteiger partial charge is 0.237 e. The molecule has 0 spiro atoms. The molecule has 3 nitrogen and oxygen atoms in total. The van der Waals surface area contributed by atoms with Crippen molar-refractivity contribution in [3.63, 3.8) is 0 Å². The van der Waals surface area contributed by atoms with Gasteiger partial charge in [0.1, 0.15) is 0 Å². The van der Waals surface area contributed by atoms with Crippen molar-refractivity contribution in [3.8, 4) is 0 Å². The van der Waals surface area contributed by atoms with E-state index in [1.54, 1.807) is 0 Å². The van der Waals surface area contributed by atoms with Gasteiger partial charge in [-0.05, 0) is 24.7 Å². The minimum atomic E-state index is -0.337. The van der Waals surface area contributed by atoms with Crippen LogP contribution in [0.25, 0.3) is 0 Å². The highest BCUT2D eigenvalue weighted by Gasteiger charge is 2.39. The first-order chi connectivity index (χ1) is 5.97. The molecule has 3 heteroatoms. The first-order valence-corrected chi connectivity index (χ1v) is 5.03. The third-order valence-corrected chi connectivity index (χ3v) is 3.11. The number of carbonyl (C=O) groups excluding carboxylic acids is 1. The van der Waals surface area contributed by atoms with Crippen LogP contribution >= 0.6 is 0 Å². The molecule has 1 aliphatic carbocycles. The van der Waals surface area contributed by atoms with Crippen molar-refractivity contribution in [2.75, 3.05) is 0 Å². The van der Waals surface area contributed by atoms with Crippen molar-refractivity contribution in [3.05, 3.63) is 0 Å². The van der Waals surface area contributed by atoms with Crippen LogP contribution in [0.2, 0.25) is 0 Å². The number of amides is 1. The van der Waals surface area contributed by atoms with E-state index in [-0.39, 0.29) is 17.4 Å². The molecule has 0 bridgehead atoms. The number of hydrogen-bond donors (Lipinski definition) is 2. The van der Waals surface area contributed by atoms with Crippen molar-refractivity contribution in [2.24, 2.45) is 11.1 Å². The van der Waals surface area contributed by atoms with Crippen molar-refractivity contribution in [1.82, 2.24) is 5.32 Å². The van der Waals surface area contributed by atoms with Gasteiger partial charge in [-0.25, -0.2) is 0 Å². The van der Waals surface area contributed by atoms with Crippen LogP contribution in [0, 0.1) is 5.41 Å². The molecule has 0 heterocycles. The third-order valence-electron chi connectivity index (χ3n) is 3.11. The Kier molecular flexibility index (Phi) is 2.96. The fourth-order valence-corrected chi connectivity index (χ4v) is 1.60. The summed E-state index contributed by atoms with van der Waals surface area (Å²) in [4.78, 5) is 11.4. The average Bonchev–Trinajstić information content (AvgIpc) is 2.10. The Balaban J connectivity index is 2.37.